The van der Waals surface area contributed by atoms with Gasteiger partial charge in [-0.1, -0.05) is 0 Å². The van der Waals surface area contributed by atoms with Gasteiger partial charge in [0.15, 0.2) is 0 Å². The van der Waals surface area contributed by atoms with E-state index in [4.69, 9.17) is 9.47 Å². The van der Waals surface area contributed by atoms with Crippen LogP contribution in [0.15, 0.2) is 18.2 Å². The quantitative estimate of drug-likeness (QED) is 0.846. The van der Waals surface area contributed by atoms with Gasteiger partial charge in [-0.05, 0) is 37.5 Å². The number of hydrogen-bond donors (Lipinski definition) is 0. The highest BCUT2D eigenvalue weighted by molar-refractivity contribution is 5.94. The Morgan fingerprint density at radius 1 is 1.29 bits per heavy atom. The van der Waals surface area contributed by atoms with Crippen LogP contribution in [0.5, 0.6) is 0 Å². The zero-order valence-corrected chi connectivity index (χ0v) is 14.2. The molecule has 2 saturated heterocycles. The molecule has 0 radical (unpaired) electrons. The molecule has 1 aromatic rings. The molecule has 2 heterocycles. The normalized spacial score (nSPS) is 21.6. The molecule has 5 nitrogen and oxygen atoms in total. The molecule has 0 spiro atoms. The van der Waals surface area contributed by atoms with Crippen molar-refractivity contribution in [1.82, 2.24) is 4.90 Å². The van der Waals surface area contributed by atoms with Gasteiger partial charge in [0.05, 0.1) is 25.0 Å². The molecule has 132 valence electrons. The maximum atomic E-state index is 14.4. The second-order valence-electron chi connectivity index (χ2n) is 6.44. The summed E-state index contributed by atoms with van der Waals surface area (Å²) >= 11 is 0. The number of rotatable bonds is 4. The lowest BCUT2D eigenvalue weighted by molar-refractivity contribution is -0.000192. The summed E-state index contributed by atoms with van der Waals surface area (Å²) in [4.78, 5) is 16.1. The highest BCUT2D eigenvalue weighted by Crippen LogP contribution is 2.22. The molecule has 2 aliphatic heterocycles. The van der Waals surface area contributed by atoms with Crippen LogP contribution in [0.2, 0.25) is 0 Å². The molecule has 0 N–H and O–H groups in total. The van der Waals surface area contributed by atoms with Crippen LogP contribution in [-0.4, -0.2) is 63.4 Å². The van der Waals surface area contributed by atoms with Gasteiger partial charge in [-0.3, -0.25) is 4.79 Å². The number of anilines is 1. The molecule has 3 rings (SSSR count). The molecule has 0 bridgehead atoms. The summed E-state index contributed by atoms with van der Waals surface area (Å²) in [5, 5.41) is 0. The molecule has 2 aliphatic rings. The molecule has 2 fully saturated rings. The van der Waals surface area contributed by atoms with Gasteiger partial charge in [0, 0.05) is 38.9 Å². The van der Waals surface area contributed by atoms with Crippen molar-refractivity contribution >= 4 is 11.6 Å². The fourth-order valence-corrected chi connectivity index (χ4v) is 3.26. The molecular weight excluding hydrogens is 311 g/mol. The molecule has 6 heteroatoms. The van der Waals surface area contributed by atoms with Gasteiger partial charge in [-0.25, -0.2) is 4.39 Å². The first-order valence-electron chi connectivity index (χ1n) is 8.64. The van der Waals surface area contributed by atoms with Crippen LogP contribution in [0.25, 0.3) is 0 Å². The summed E-state index contributed by atoms with van der Waals surface area (Å²) < 4.78 is 25.4. The summed E-state index contributed by atoms with van der Waals surface area (Å²) in [6.07, 6.45) is 3.28. The van der Waals surface area contributed by atoms with Crippen molar-refractivity contribution in [3.63, 3.8) is 0 Å². The van der Waals surface area contributed by atoms with E-state index in [0.717, 1.165) is 25.9 Å². The Morgan fingerprint density at radius 3 is 2.75 bits per heavy atom. The second kappa shape index (κ2) is 7.94. The smallest absolute Gasteiger partial charge is 0.253 e. The Hall–Kier alpha value is -1.66. The highest BCUT2D eigenvalue weighted by Gasteiger charge is 2.21. The lowest BCUT2D eigenvalue weighted by atomic mass is 10.1. The third kappa shape index (κ3) is 4.05. The van der Waals surface area contributed by atoms with E-state index in [9.17, 15) is 9.18 Å². The molecule has 0 aromatic heterocycles. The van der Waals surface area contributed by atoms with Gasteiger partial charge in [-0.2, -0.15) is 0 Å². The first-order valence-corrected chi connectivity index (χ1v) is 8.64. The Labute approximate surface area is 142 Å². The van der Waals surface area contributed by atoms with Gasteiger partial charge < -0.3 is 19.3 Å². The average Bonchev–Trinajstić information content (AvgIpc) is 2.62. The Bertz CT molecular complexity index is 569. The maximum absolute atomic E-state index is 14.4. The average molecular weight is 336 g/mol. The van der Waals surface area contributed by atoms with Crippen molar-refractivity contribution in [2.75, 3.05) is 51.4 Å². The molecule has 24 heavy (non-hydrogen) atoms. The topological polar surface area (TPSA) is 42.0 Å². The Morgan fingerprint density at radius 2 is 2.08 bits per heavy atom. The summed E-state index contributed by atoms with van der Waals surface area (Å²) in [6, 6.07) is 4.73. The van der Waals surface area contributed by atoms with Crippen molar-refractivity contribution in [3.05, 3.63) is 29.6 Å². The standard InChI is InChI=1S/C18H25FN2O3/c1-20(13-15-4-2-3-9-24-15)18(22)14-5-6-17(16(19)12-14)21-7-10-23-11-8-21/h5-6,12,15H,2-4,7-11,13H2,1H3/t15-/m0/s1. The number of hydrogen-bond acceptors (Lipinski definition) is 4. The molecule has 0 saturated carbocycles. The molecule has 0 aliphatic carbocycles. The number of carbonyl (C=O) groups is 1. The van der Waals surface area contributed by atoms with Gasteiger partial charge in [0.25, 0.3) is 5.91 Å². The second-order valence-corrected chi connectivity index (χ2v) is 6.44. The third-order valence-corrected chi connectivity index (χ3v) is 4.64. The van der Waals surface area contributed by atoms with E-state index in [-0.39, 0.29) is 17.8 Å². The number of ether oxygens (including phenoxy) is 2. The Kier molecular flexibility index (Phi) is 5.68. The van der Waals surface area contributed by atoms with Crippen LogP contribution < -0.4 is 4.90 Å². The summed E-state index contributed by atoms with van der Waals surface area (Å²) in [5.41, 5.74) is 0.913. The fraction of sp³-hybridized carbons (Fsp3) is 0.611. The number of carbonyl (C=O) groups excluding carboxylic acids is 1. The first-order chi connectivity index (χ1) is 11.6. The van der Waals surface area contributed by atoms with E-state index in [1.54, 1.807) is 24.1 Å². The summed E-state index contributed by atoms with van der Waals surface area (Å²) in [7, 11) is 1.74. The lowest BCUT2D eigenvalue weighted by Gasteiger charge is -2.29. The van der Waals surface area contributed by atoms with E-state index in [2.05, 4.69) is 0 Å². The van der Waals surface area contributed by atoms with Crippen molar-refractivity contribution in [1.29, 1.82) is 0 Å². The van der Waals surface area contributed by atoms with Gasteiger partial charge in [0.2, 0.25) is 0 Å². The van der Waals surface area contributed by atoms with Crippen LogP contribution in [0.4, 0.5) is 10.1 Å². The van der Waals surface area contributed by atoms with Crippen LogP contribution in [0, 0.1) is 5.82 Å². The monoisotopic (exact) mass is 336 g/mol. The van der Waals surface area contributed by atoms with E-state index >= 15 is 0 Å². The van der Waals surface area contributed by atoms with E-state index in [0.29, 0.717) is 44.1 Å². The van der Waals surface area contributed by atoms with Crippen molar-refractivity contribution in [2.24, 2.45) is 0 Å². The minimum atomic E-state index is -0.356. The number of halogens is 1. The first kappa shape index (κ1) is 17.2. The van der Waals surface area contributed by atoms with Crippen LogP contribution in [0.1, 0.15) is 29.6 Å². The maximum Gasteiger partial charge on any atom is 0.253 e. The van der Waals surface area contributed by atoms with Gasteiger partial charge in [0.1, 0.15) is 5.82 Å². The van der Waals surface area contributed by atoms with Crippen LogP contribution >= 0.6 is 0 Å². The molecule has 1 aromatic carbocycles. The van der Waals surface area contributed by atoms with Gasteiger partial charge >= 0.3 is 0 Å². The van der Waals surface area contributed by atoms with Crippen molar-refractivity contribution in [3.8, 4) is 0 Å². The van der Waals surface area contributed by atoms with Gasteiger partial charge in [-0.15, -0.1) is 0 Å². The number of amides is 1. The summed E-state index contributed by atoms with van der Waals surface area (Å²) in [6.45, 7) is 3.85. The largest absolute Gasteiger partial charge is 0.378 e. The highest BCUT2D eigenvalue weighted by atomic mass is 19.1. The van der Waals surface area contributed by atoms with E-state index in [1.807, 2.05) is 4.90 Å². The zero-order chi connectivity index (χ0) is 16.9. The Balaban J connectivity index is 1.64. The minimum Gasteiger partial charge on any atom is -0.378 e. The predicted octanol–water partition coefficient (Wildman–Crippen LogP) is 2.30. The molecular formula is C18H25FN2O3. The molecule has 1 atom stereocenters. The fourth-order valence-electron chi connectivity index (χ4n) is 3.26. The number of likely N-dealkylation sites (N-methyl/N-ethyl adjacent to an activating group) is 1. The molecule has 0 unspecified atom stereocenters. The van der Waals surface area contributed by atoms with Crippen LogP contribution in [-0.2, 0) is 9.47 Å². The number of benzene rings is 1. The summed E-state index contributed by atoms with van der Waals surface area (Å²) in [5.74, 6) is -0.526. The number of nitrogens with zero attached hydrogens (tertiary/aromatic N) is 2. The van der Waals surface area contributed by atoms with Crippen LogP contribution in [0.3, 0.4) is 0 Å². The van der Waals surface area contributed by atoms with Crippen molar-refractivity contribution < 1.29 is 18.7 Å². The zero-order valence-electron chi connectivity index (χ0n) is 14.2. The van der Waals surface area contributed by atoms with E-state index in [1.165, 1.54) is 6.07 Å². The van der Waals surface area contributed by atoms with E-state index < -0.39 is 0 Å². The lowest BCUT2D eigenvalue weighted by Crippen LogP contribution is -2.38. The van der Waals surface area contributed by atoms with Crippen molar-refractivity contribution in [2.45, 2.75) is 25.4 Å². The number of morpholine rings is 1. The third-order valence-electron chi connectivity index (χ3n) is 4.64. The molecule has 1 amide bonds. The SMILES string of the molecule is CN(C[C@@H]1CCCCO1)C(=O)c1ccc(N2CCOCC2)c(F)c1. The predicted molar refractivity (Wildman–Crippen MR) is 90.0 cm³/mol. The minimum absolute atomic E-state index is 0.0881.